The Morgan fingerprint density at radius 3 is 1.17 bits per heavy atom. The molecule has 0 fully saturated rings. The van der Waals surface area contributed by atoms with Crippen LogP contribution >= 0.6 is 45.2 Å². The van der Waals surface area contributed by atoms with Crippen molar-refractivity contribution < 1.29 is 0 Å². The summed E-state index contributed by atoms with van der Waals surface area (Å²) in [4.78, 5) is 0. The molecule has 0 aromatic heterocycles. The van der Waals surface area contributed by atoms with E-state index in [0.29, 0.717) is 0 Å². The Hall–Kier alpha value is -0.100. The van der Waals surface area contributed by atoms with Gasteiger partial charge in [0.15, 0.2) is 0 Å². The fourth-order valence-electron chi connectivity index (χ4n) is 1.97. The molecule has 0 amide bonds. The number of hydrogen-bond donors (Lipinski definition) is 0. The monoisotopic (exact) mass is 462 g/mol. The molecule has 94 valence electrons. The molecule has 0 spiro atoms. The van der Waals surface area contributed by atoms with E-state index in [9.17, 15) is 0 Å². The first kappa shape index (κ1) is 14.3. The predicted molar refractivity (Wildman–Crippen MR) is 96.3 cm³/mol. The molecule has 0 nitrogen and oxygen atoms in total. The average molecular weight is 462 g/mol. The first-order chi connectivity index (χ1) is 8.40. The van der Waals surface area contributed by atoms with Crippen LogP contribution < -0.4 is 0 Å². The molecule has 0 aliphatic heterocycles. The Morgan fingerprint density at radius 1 is 0.556 bits per heavy atom. The molecule has 2 aromatic carbocycles. The molecule has 2 heteroatoms. The van der Waals surface area contributed by atoms with E-state index in [1.165, 1.54) is 40.5 Å². The minimum absolute atomic E-state index is 1.33. The molecule has 0 unspecified atom stereocenters. The van der Waals surface area contributed by atoms with Crippen LogP contribution in [0, 0.1) is 34.8 Å². The molecule has 18 heavy (non-hydrogen) atoms. The fourth-order valence-corrected chi connectivity index (χ4v) is 3.80. The second-order valence-corrected chi connectivity index (χ2v) is 7.16. The topological polar surface area (TPSA) is 0 Å². The van der Waals surface area contributed by atoms with Crippen molar-refractivity contribution in [2.24, 2.45) is 0 Å². The molecular weight excluding hydrogens is 446 g/mol. The van der Waals surface area contributed by atoms with Crippen LogP contribution in [-0.2, 0) is 0 Å². The van der Waals surface area contributed by atoms with Gasteiger partial charge in [-0.05, 0) is 118 Å². The lowest BCUT2D eigenvalue weighted by Crippen LogP contribution is -1.93. The molecule has 0 saturated heterocycles. The van der Waals surface area contributed by atoms with Gasteiger partial charge in [0.1, 0.15) is 0 Å². The summed E-state index contributed by atoms with van der Waals surface area (Å²) in [6.07, 6.45) is 0. The van der Waals surface area contributed by atoms with E-state index in [1.807, 2.05) is 0 Å². The van der Waals surface area contributed by atoms with Crippen LogP contribution in [0.1, 0.15) is 22.3 Å². The van der Waals surface area contributed by atoms with Crippen LogP contribution in [0.15, 0.2) is 24.3 Å². The van der Waals surface area contributed by atoms with Gasteiger partial charge in [-0.15, -0.1) is 0 Å². The van der Waals surface area contributed by atoms with Crippen molar-refractivity contribution in [2.45, 2.75) is 27.7 Å². The number of hydrogen-bond acceptors (Lipinski definition) is 0. The summed E-state index contributed by atoms with van der Waals surface area (Å²) >= 11 is 4.88. The fraction of sp³-hybridized carbons (Fsp3) is 0.250. The van der Waals surface area contributed by atoms with Crippen LogP contribution in [0.25, 0.3) is 11.1 Å². The quantitative estimate of drug-likeness (QED) is 0.471. The van der Waals surface area contributed by atoms with Crippen molar-refractivity contribution in [2.75, 3.05) is 0 Å². The van der Waals surface area contributed by atoms with Gasteiger partial charge in [0.05, 0.1) is 0 Å². The van der Waals surface area contributed by atoms with E-state index in [0.717, 1.165) is 0 Å². The largest absolute Gasteiger partial charge is 0.0501 e. The molecule has 0 atom stereocenters. The smallest absolute Gasteiger partial charge is 0.0211 e. The maximum Gasteiger partial charge on any atom is 0.0211 e. The van der Waals surface area contributed by atoms with E-state index in [1.54, 1.807) is 0 Å². The van der Waals surface area contributed by atoms with Crippen molar-refractivity contribution >= 4 is 45.2 Å². The maximum atomic E-state index is 2.44. The molecule has 0 saturated carbocycles. The van der Waals surface area contributed by atoms with Crippen LogP contribution in [0.4, 0.5) is 0 Å². The van der Waals surface area contributed by atoms with E-state index in [2.05, 4.69) is 97.1 Å². The summed E-state index contributed by atoms with van der Waals surface area (Å²) in [6.45, 7) is 8.71. The summed E-state index contributed by atoms with van der Waals surface area (Å²) < 4.78 is 2.66. The second-order valence-electron chi connectivity index (χ2n) is 4.83. The number of halogens is 2. The van der Waals surface area contributed by atoms with E-state index in [-0.39, 0.29) is 0 Å². The number of benzene rings is 2. The normalized spacial score (nSPS) is 10.8. The first-order valence-electron chi connectivity index (χ1n) is 5.94. The van der Waals surface area contributed by atoms with Gasteiger partial charge in [0.2, 0.25) is 0 Å². The highest BCUT2D eigenvalue weighted by molar-refractivity contribution is 14.1. The van der Waals surface area contributed by atoms with Crippen molar-refractivity contribution in [1.82, 2.24) is 0 Å². The zero-order chi connectivity index (χ0) is 13.4. The highest BCUT2D eigenvalue weighted by Gasteiger charge is 2.10. The summed E-state index contributed by atoms with van der Waals surface area (Å²) in [7, 11) is 0. The molecule has 0 aliphatic rings. The first-order valence-corrected chi connectivity index (χ1v) is 8.09. The van der Waals surface area contributed by atoms with Crippen molar-refractivity contribution in [3.05, 3.63) is 53.7 Å². The SMILES string of the molecule is Cc1cc(I)c(-c2cc(C)c(C)cc2I)cc1C. The Kier molecular flexibility index (Phi) is 4.36. The van der Waals surface area contributed by atoms with Gasteiger partial charge >= 0.3 is 0 Å². The van der Waals surface area contributed by atoms with E-state index < -0.39 is 0 Å². The highest BCUT2D eigenvalue weighted by atomic mass is 127. The molecule has 0 bridgehead atoms. The standard InChI is InChI=1S/C16H16I2/c1-9-5-13(15(17)7-11(9)3)14-6-10(2)12(4)8-16(14)18/h5-8H,1-4H3. The van der Waals surface area contributed by atoms with Crippen LogP contribution in [0.3, 0.4) is 0 Å². The third kappa shape index (κ3) is 2.74. The molecule has 2 rings (SSSR count). The summed E-state index contributed by atoms with van der Waals surface area (Å²) in [5.74, 6) is 0. The minimum Gasteiger partial charge on any atom is -0.0501 e. The second kappa shape index (κ2) is 5.49. The van der Waals surface area contributed by atoms with Gasteiger partial charge in [-0.3, -0.25) is 0 Å². The summed E-state index contributed by atoms with van der Waals surface area (Å²) in [5.41, 5.74) is 8.15. The Balaban J connectivity index is 2.69. The Bertz CT molecular complexity index is 557. The maximum absolute atomic E-state index is 2.44. The Labute approximate surface area is 136 Å². The van der Waals surface area contributed by atoms with Crippen molar-refractivity contribution in [3.8, 4) is 11.1 Å². The van der Waals surface area contributed by atoms with Gasteiger partial charge in [0.25, 0.3) is 0 Å². The Morgan fingerprint density at radius 2 is 0.833 bits per heavy atom. The zero-order valence-electron chi connectivity index (χ0n) is 11.1. The number of rotatable bonds is 1. The van der Waals surface area contributed by atoms with Gasteiger partial charge in [-0.1, -0.05) is 12.1 Å². The third-order valence-corrected chi connectivity index (χ3v) is 5.24. The average Bonchev–Trinajstić information content (AvgIpc) is 2.29. The molecule has 0 aliphatic carbocycles. The lowest BCUT2D eigenvalue weighted by molar-refractivity contribution is 1.30. The van der Waals surface area contributed by atoms with Gasteiger partial charge in [-0.25, -0.2) is 0 Å². The number of aryl methyl sites for hydroxylation is 4. The third-order valence-electron chi connectivity index (χ3n) is 3.46. The molecule has 0 heterocycles. The van der Waals surface area contributed by atoms with Gasteiger partial charge in [-0.2, -0.15) is 0 Å². The lowest BCUT2D eigenvalue weighted by Gasteiger charge is -2.13. The van der Waals surface area contributed by atoms with Gasteiger partial charge in [0, 0.05) is 7.14 Å². The summed E-state index contributed by atoms with van der Waals surface area (Å²) in [5, 5.41) is 0. The van der Waals surface area contributed by atoms with E-state index in [4.69, 9.17) is 0 Å². The molecule has 2 aromatic rings. The van der Waals surface area contributed by atoms with Crippen molar-refractivity contribution in [1.29, 1.82) is 0 Å². The zero-order valence-corrected chi connectivity index (χ0v) is 15.4. The van der Waals surface area contributed by atoms with Crippen LogP contribution in [-0.4, -0.2) is 0 Å². The molecule has 0 radical (unpaired) electrons. The van der Waals surface area contributed by atoms with Crippen molar-refractivity contribution in [3.63, 3.8) is 0 Å². The van der Waals surface area contributed by atoms with Gasteiger partial charge < -0.3 is 0 Å². The van der Waals surface area contributed by atoms with E-state index >= 15 is 0 Å². The molecule has 0 N–H and O–H groups in total. The molecular formula is C16H16I2. The van der Waals surface area contributed by atoms with Crippen LogP contribution in [0.5, 0.6) is 0 Å². The summed E-state index contributed by atoms with van der Waals surface area (Å²) in [6, 6.07) is 9.17. The highest BCUT2D eigenvalue weighted by Crippen LogP contribution is 2.33. The predicted octanol–water partition coefficient (Wildman–Crippen LogP) is 5.80. The minimum atomic E-state index is 1.33. The van der Waals surface area contributed by atoms with Crippen LogP contribution in [0.2, 0.25) is 0 Å². The lowest BCUT2D eigenvalue weighted by atomic mass is 9.97.